The van der Waals surface area contributed by atoms with E-state index in [-0.39, 0.29) is 12.1 Å². The van der Waals surface area contributed by atoms with Crippen molar-refractivity contribution in [2.75, 3.05) is 0 Å². The van der Waals surface area contributed by atoms with Gasteiger partial charge < -0.3 is 9.84 Å². The molecule has 0 atom stereocenters. The van der Waals surface area contributed by atoms with Crippen LogP contribution in [-0.2, 0) is 0 Å². The zero-order chi connectivity index (χ0) is 18.1. The lowest BCUT2D eigenvalue weighted by atomic mass is 10.0. The number of halogens is 1. The molecule has 130 valence electrons. The first-order valence-corrected chi connectivity index (χ1v) is 8.34. The Morgan fingerprint density at radius 3 is 2.56 bits per heavy atom. The minimum Gasteiger partial charge on any atom is -0.360 e. The lowest BCUT2D eigenvalue weighted by Gasteiger charge is -2.08. The zero-order valence-corrected chi connectivity index (χ0v) is 15.3. The van der Waals surface area contributed by atoms with Gasteiger partial charge in [0.25, 0.3) is 0 Å². The maximum absolute atomic E-state index is 12.3. The van der Waals surface area contributed by atoms with Gasteiger partial charge in [-0.2, -0.15) is 9.78 Å². The number of hydrogen-bond acceptors (Lipinski definition) is 4. The number of rotatable bonds is 3. The second-order valence-electron chi connectivity index (χ2n) is 6.16. The van der Waals surface area contributed by atoms with Crippen molar-refractivity contribution < 1.29 is 9.32 Å². The highest BCUT2D eigenvalue weighted by Crippen LogP contribution is 2.34. The maximum atomic E-state index is 12.3. The van der Waals surface area contributed by atoms with Gasteiger partial charge in [0.15, 0.2) is 0 Å². The molecule has 1 aromatic carbocycles. The average Bonchev–Trinajstić information content (AvgIpc) is 3.10. The largest absolute Gasteiger partial charge is 0.360 e. The lowest BCUT2D eigenvalue weighted by molar-refractivity contribution is 0.237. The molecular formula is C18H19ClN4O2. The number of aryl methyl sites for hydroxylation is 2. The van der Waals surface area contributed by atoms with Gasteiger partial charge in [-0.25, -0.2) is 4.79 Å². The van der Waals surface area contributed by atoms with Crippen LogP contribution >= 0.6 is 11.6 Å². The monoisotopic (exact) mass is 358 g/mol. The Hall–Kier alpha value is -2.60. The van der Waals surface area contributed by atoms with E-state index < -0.39 is 0 Å². The summed E-state index contributed by atoms with van der Waals surface area (Å²) in [7, 11) is 0. The molecule has 0 unspecified atom stereocenters. The van der Waals surface area contributed by atoms with Crippen LogP contribution in [0.3, 0.4) is 0 Å². The molecule has 0 saturated carbocycles. The molecule has 0 bridgehead atoms. The SMILES string of the molecule is Cc1onc(-c2ccc(Cl)cc2)c1-c1cc(C)n(C(=O)NC(C)C)n1. The maximum Gasteiger partial charge on any atom is 0.342 e. The molecule has 0 spiro atoms. The summed E-state index contributed by atoms with van der Waals surface area (Å²) in [6.07, 6.45) is 0. The van der Waals surface area contributed by atoms with E-state index in [1.54, 1.807) is 12.1 Å². The molecule has 1 N–H and O–H groups in total. The van der Waals surface area contributed by atoms with Crippen LogP contribution in [0.1, 0.15) is 25.3 Å². The average molecular weight is 359 g/mol. The van der Waals surface area contributed by atoms with Gasteiger partial charge in [-0.1, -0.05) is 28.9 Å². The molecule has 7 heteroatoms. The Labute approximate surface area is 150 Å². The van der Waals surface area contributed by atoms with Gasteiger partial charge in [-0.15, -0.1) is 0 Å². The van der Waals surface area contributed by atoms with E-state index in [4.69, 9.17) is 16.1 Å². The summed E-state index contributed by atoms with van der Waals surface area (Å²) in [5.41, 5.74) is 3.68. The van der Waals surface area contributed by atoms with E-state index >= 15 is 0 Å². The second-order valence-corrected chi connectivity index (χ2v) is 6.59. The van der Waals surface area contributed by atoms with Gasteiger partial charge in [-0.3, -0.25) is 0 Å². The van der Waals surface area contributed by atoms with Gasteiger partial charge in [0, 0.05) is 22.3 Å². The van der Waals surface area contributed by atoms with Crippen LogP contribution in [0.15, 0.2) is 34.9 Å². The molecule has 3 aromatic rings. The Morgan fingerprint density at radius 1 is 1.24 bits per heavy atom. The van der Waals surface area contributed by atoms with Gasteiger partial charge in [0.1, 0.15) is 11.5 Å². The highest BCUT2D eigenvalue weighted by Gasteiger charge is 2.21. The third kappa shape index (κ3) is 3.44. The van der Waals surface area contributed by atoms with Crippen molar-refractivity contribution in [3.8, 4) is 22.5 Å². The minimum absolute atomic E-state index is 0.0292. The quantitative estimate of drug-likeness (QED) is 0.751. The van der Waals surface area contributed by atoms with E-state index in [1.807, 2.05) is 45.9 Å². The molecule has 3 rings (SSSR count). The van der Waals surface area contributed by atoms with E-state index in [9.17, 15) is 4.79 Å². The van der Waals surface area contributed by atoms with Crippen LogP contribution in [0.2, 0.25) is 5.02 Å². The summed E-state index contributed by atoms with van der Waals surface area (Å²) in [6.45, 7) is 7.46. The van der Waals surface area contributed by atoms with E-state index in [1.165, 1.54) is 4.68 Å². The van der Waals surface area contributed by atoms with Crippen molar-refractivity contribution in [3.05, 3.63) is 46.8 Å². The molecule has 0 radical (unpaired) electrons. The topological polar surface area (TPSA) is 73.0 Å². The number of nitrogens with one attached hydrogen (secondary N) is 1. The standard InChI is InChI=1S/C18H19ClN4O2/c1-10(2)20-18(24)23-11(3)9-15(21-23)16-12(4)25-22-17(16)13-5-7-14(19)8-6-13/h5-10H,1-4H3,(H,20,24). The lowest BCUT2D eigenvalue weighted by Crippen LogP contribution is -2.35. The smallest absolute Gasteiger partial charge is 0.342 e. The van der Waals surface area contributed by atoms with Crippen LogP contribution in [0.4, 0.5) is 4.79 Å². The Kier molecular flexibility index (Phi) is 4.63. The number of hydrogen-bond donors (Lipinski definition) is 1. The molecular weight excluding hydrogens is 340 g/mol. The van der Waals surface area contributed by atoms with Crippen LogP contribution in [-0.4, -0.2) is 27.0 Å². The fraction of sp³-hybridized carbons (Fsp3) is 0.278. The first kappa shape index (κ1) is 17.2. The summed E-state index contributed by atoms with van der Waals surface area (Å²) in [6, 6.07) is 8.95. The van der Waals surface area contributed by atoms with Crippen LogP contribution in [0, 0.1) is 13.8 Å². The first-order valence-electron chi connectivity index (χ1n) is 7.97. The molecule has 0 fully saturated rings. The third-order valence-corrected chi connectivity index (χ3v) is 3.98. The Morgan fingerprint density at radius 2 is 1.92 bits per heavy atom. The van der Waals surface area contributed by atoms with Gasteiger partial charge in [0.2, 0.25) is 0 Å². The van der Waals surface area contributed by atoms with Crippen molar-refractivity contribution in [1.82, 2.24) is 20.3 Å². The fourth-order valence-corrected chi connectivity index (χ4v) is 2.71. The molecule has 0 saturated heterocycles. The van der Waals surface area contributed by atoms with E-state index in [0.29, 0.717) is 22.2 Å². The summed E-state index contributed by atoms with van der Waals surface area (Å²) >= 11 is 5.96. The molecule has 0 aliphatic carbocycles. The number of carbonyl (C=O) groups is 1. The summed E-state index contributed by atoms with van der Waals surface area (Å²) in [5.74, 6) is 0.638. The van der Waals surface area contributed by atoms with Crippen LogP contribution < -0.4 is 5.32 Å². The molecule has 0 aliphatic heterocycles. The van der Waals surface area contributed by atoms with E-state index in [2.05, 4.69) is 15.6 Å². The number of benzene rings is 1. The Balaban J connectivity index is 2.05. The number of carbonyl (C=O) groups excluding carboxylic acids is 1. The van der Waals surface area contributed by atoms with Crippen molar-refractivity contribution in [2.24, 2.45) is 0 Å². The molecule has 2 heterocycles. The molecule has 6 nitrogen and oxygen atoms in total. The summed E-state index contributed by atoms with van der Waals surface area (Å²) in [4.78, 5) is 12.3. The number of aromatic nitrogens is 3. The highest BCUT2D eigenvalue weighted by atomic mass is 35.5. The molecule has 0 aliphatic rings. The predicted octanol–water partition coefficient (Wildman–Crippen LogP) is 4.44. The second kappa shape index (κ2) is 6.72. The number of amides is 1. The van der Waals surface area contributed by atoms with E-state index in [0.717, 1.165) is 16.8 Å². The van der Waals surface area contributed by atoms with Gasteiger partial charge >= 0.3 is 6.03 Å². The summed E-state index contributed by atoms with van der Waals surface area (Å²) in [5, 5.41) is 12.1. The van der Waals surface area contributed by atoms with Crippen molar-refractivity contribution >= 4 is 17.6 Å². The van der Waals surface area contributed by atoms with Crippen molar-refractivity contribution in [2.45, 2.75) is 33.7 Å². The summed E-state index contributed by atoms with van der Waals surface area (Å²) < 4.78 is 6.73. The Bertz CT molecular complexity index is 910. The van der Waals surface area contributed by atoms with Gasteiger partial charge in [0.05, 0.1) is 11.3 Å². The third-order valence-electron chi connectivity index (χ3n) is 3.73. The predicted molar refractivity (Wildman–Crippen MR) is 96.7 cm³/mol. The van der Waals surface area contributed by atoms with Crippen molar-refractivity contribution in [1.29, 1.82) is 0 Å². The van der Waals surface area contributed by atoms with Crippen molar-refractivity contribution in [3.63, 3.8) is 0 Å². The molecule has 1 amide bonds. The highest BCUT2D eigenvalue weighted by molar-refractivity contribution is 6.30. The fourth-order valence-electron chi connectivity index (χ4n) is 2.59. The zero-order valence-electron chi connectivity index (χ0n) is 14.5. The minimum atomic E-state index is -0.263. The first-order chi connectivity index (χ1) is 11.9. The molecule has 2 aromatic heterocycles. The molecule has 25 heavy (non-hydrogen) atoms. The van der Waals surface area contributed by atoms with Crippen LogP contribution in [0.5, 0.6) is 0 Å². The normalized spacial score (nSPS) is 11.1. The van der Waals surface area contributed by atoms with Gasteiger partial charge in [-0.05, 0) is 45.9 Å². The van der Waals surface area contributed by atoms with Crippen LogP contribution in [0.25, 0.3) is 22.5 Å². The number of nitrogens with zero attached hydrogens (tertiary/aromatic N) is 3.